The standard InChI is InChI=1S/C6H13NO/c1-6(2)5-8-4-3-7-6/h7H,3-5H2,1-2H3/i1D3,2D3. The second-order valence-electron chi connectivity index (χ2n) is 1.88. The Morgan fingerprint density at radius 2 is 2.62 bits per heavy atom. The van der Waals surface area contributed by atoms with E-state index in [9.17, 15) is 0 Å². The predicted octanol–water partition coefficient (Wildman–Crippen LogP) is 0.385. The van der Waals surface area contributed by atoms with Crippen LogP contribution in [0.5, 0.6) is 0 Å². The molecule has 2 nitrogen and oxygen atoms in total. The van der Waals surface area contributed by atoms with Gasteiger partial charge >= 0.3 is 0 Å². The predicted molar refractivity (Wildman–Crippen MR) is 32.9 cm³/mol. The maximum atomic E-state index is 7.26. The van der Waals surface area contributed by atoms with Crippen molar-refractivity contribution in [3.63, 3.8) is 0 Å². The second kappa shape index (κ2) is 2.03. The SMILES string of the molecule is [2H]C([2H])([2H])C1(C([2H])([2H])[2H])COCCN1. The highest BCUT2D eigenvalue weighted by molar-refractivity contribution is 4.79. The van der Waals surface area contributed by atoms with Crippen LogP contribution in [-0.2, 0) is 4.74 Å². The molecular weight excluding hydrogens is 102 g/mol. The van der Waals surface area contributed by atoms with Gasteiger partial charge in [-0.2, -0.15) is 0 Å². The largest absolute Gasteiger partial charge is 0.378 e. The van der Waals surface area contributed by atoms with Crippen molar-refractivity contribution in [3.05, 3.63) is 0 Å². The smallest absolute Gasteiger partial charge is 0.0643 e. The molecule has 1 rings (SSSR count). The van der Waals surface area contributed by atoms with Crippen LogP contribution in [-0.4, -0.2) is 25.3 Å². The summed E-state index contributed by atoms with van der Waals surface area (Å²) in [5, 5.41) is 2.56. The van der Waals surface area contributed by atoms with Gasteiger partial charge in [-0.1, -0.05) is 0 Å². The van der Waals surface area contributed by atoms with Crippen LogP contribution in [0.2, 0.25) is 0 Å². The van der Waals surface area contributed by atoms with Crippen LogP contribution in [0, 0.1) is 0 Å². The molecule has 1 heterocycles. The average molecular weight is 121 g/mol. The topological polar surface area (TPSA) is 21.3 Å². The zero-order valence-corrected chi connectivity index (χ0v) is 4.53. The summed E-state index contributed by atoms with van der Waals surface area (Å²) in [5.74, 6) is 0. The maximum absolute atomic E-state index is 7.26. The molecule has 0 aromatic carbocycles. The normalized spacial score (nSPS) is 42.0. The lowest BCUT2D eigenvalue weighted by molar-refractivity contribution is 0.0436. The van der Waals surface area contributed by atoms with Crippen molar-refractivity contribution in [2.45, 2.75) is 19.2 Å². The molecule has 0 aromatic rings. The van der Waals surface area contributed by atoms with E-state index in [4.69, 9.17) is 13.0 Å². The highest BCUT2D eigenvalue weighted by Gasteiger charge is 2.19. The summed E-state index contributed by atoms with van der Waals surface area (Å²) >= 11 is 0. The van der Waals surface area contributed by atoms with E-state index in [1.807, 2.05) is 0 Å². The van der Waals surface area contributed by atoms with Gasteiger partial charge in [-0.3, -0.25) is 0 Å². The molecule has 0 aliphatic carbocycles. The molecule has 0 aromatic heterocycles. The van der Waals surface area contributed by atoms with Gasteiger partial charge in [-0.05, 0) is 13.7 Å². The highest BCUT2D eigenvalue weighted by Crippen LogP contribution is 2.04. The van der Waals surface area contributed by atoms with Crippen molar-refractivity contribution in [2.75, 3.05) is 19.8 Å². The van der Waals surface area contributed by atoms with Crippen molar-refractivity contribution in [1.82, 2.24) is 5.32 Å². The Balaban J connectivity index is 3.01. The van der Waals surface area contributed by atoms with E-state index in [0.29, 0.717) is 6.61 Å². The Hall–Kier alpha value is -0.0800. The maximum Gasteiger partial charge on any atom is 0.0643 e. The molecule has 0 saturated carbocycles. The minimum atomic E-state index is -2.60. The van der Waals surface area contributed by atoms with Crippen molar-refractivity contribution < 1.29 is 13.0 Å². The van der Waals surface area contributed by atoms with Gasteiger partial charge in [0.15, 0.2) is 0 Å². The minimum Gasteiger partial charge on any atom is -0.378 e. The van der Waals surface area contributed by atoms with Gasteiger partial charge in [0, 0.05) is 20.3 Å². The van der Waals surface area contributed by atoms with E-state index in [0.717, 1.165) is 0 Å². The van der Waals surface area contributed by atoms with Crippen molar-refractivity contribution in [1.29, 1.82) is 0 Å². The first kappa shape index (κ1) is 1.96. The van der Waals surface area contributed by atoms with Crippen molar-refractivity contribution in [2.24, 2.45) is 0 Å². The first-order valence-corrected chi connectivity index (χ1v) is 2.53. The Labute approximate surface area is 58.7 Å². The third-order valence-electron chi connectivity index (χ3n) is 0.992. The summed E-state index contributed by atoms with van der Waals surface area (Å²) < 4.78 is 48.5. The molecule has 0 atom stereocenters. The summed E-state index contributed by atoms with van der Waals surface area (Å²) in [4.78, 5) is 0. The molecule has 0 radical (unpaired) electrons. The zero-order valence-electron chi connectivity index (χ0n) is 10.5. The fraction of sp³-hybridized carbons (Fsp3) is 1.00. The number of rotatable bonds is 0. The number of hydrogen-bond acceptors (Lipinski definition) is 2. The molecule has 1 aliphatic heterocycles. The van der Waals surface area contributed by atoms with Gasteiger partial charge in [0.1, 0.15) is 0 Å². The van der Waals surface area contributed by atoms with E-state index in [-0.39, 0.29) is 13.2 Å². The van der Waals surface area contributed by atoms with Crippen LogP contribution in [0.3, 0.4) is 0 Å². The summed E-state index contributed by atoms with van der Waals surface area (Å²) in [6.45, 7) is -4.91. The first-order valence-electron chi connectivity index (χ1n) is 5.53. The lowest BCUT2D eigenvalue weighted by Crippen LogP contribution is -2.49. The van der Waals surface area contributed by atoms with Crippen LogP contribution in [0.4, 0.5) is 0 Å². The lowest BCUT2D eigenvalue weighted by Gasteiger charge is -2.30. The fourth-order valence-corrected chi connectivity index (χ4v) is 0.613. The molecule has 1 aliphatic rings. The van der Waals surface area contributed by atoms with E-state index in [1.54, 1.807) is 0 Å². The molecule has 1 saturated heterocycles. The van der Waals surface area contributed by atoms with Gasteiger partial charge in [0.05, 0.1) is 13.2 Å². The highest BCUT2D eigenvalue weighted by atomic mass is 16.5. The molecule has 1 N–H and O–H groups in total. The molecular formula is C6H13NO. The van der Waals surface area contributed by atoms with Crippen LogP contribution in [0.15, 0.2) is 0 Å². The summed E-state index contributed by atoms with van der Waals surface area (Å²) in [7, 11) is 0. The molecule has 0 spiro atoms. The lowest BCUT2D eigenvalue weighted by atomic mass is 10.1. The Bertz CT molecular complexity index is 187. The fourth-order valence-electron chi connectivity index (χ4n) is 0.613. The van der Waals surface area contributed by atoms with Crippen molar-refractivity contribution >= 4 is 0 Å². The Morgan fingerprint density at radius 3 is 3.00 bits per heavy atom. The third kappa shape index (κ3) is 1.46. The van der Waals surface area contributed by atoms with Gasteiger partial charge in [-0.15, -0.1) is 0 Å². The second-order valence-corrected chi connectivity index (χ2v) is 1.88. The molecule has 0 bridgehead atoms. The molecule has 0 unspecified atom stereocenters. The van der Waals surface area contributed by atoms with E-state index < -0.39 is 19.2 Å². The molecule has 48 valence electrons. The van der Waals surface area contributed by atoms with Gasteiger partial charge in [-0.25, -0.2) is 0 Å². The van der Waals surface area contributed by atoms with Crippen LogP contribution in [0.25, 0.3) is 0 Å². The summed E-state index contributed by atoms with van der Waals surface area (Å²) in [5.41, 5.74) is -1.92. The van der Waals surface area contributed by atoms with Crippen LogP contribution >= 0.6 is 0 Å². The monoisotopic (exact) mass is 121 g/mol. The van der Waals surface area contributed by atoms with Crippen LogP contribution < -0.4 is 5.32 Å². The Kier molecular flexibility index (Phi) is 0.498. The van der Waals surface area contributed by atoms with Gasteiger partial charge < -0.3 is 10.1 Å². The summed E-state index contributed by atoms with van der Waals surface area (Å²) in [6.07, 6.45) is 0. The molecule has 1 fully saturated rings. The molecule has 0 amide bonds. The molecule has 2 heteroatoms. The van der Waals surface area contributed by atoms with Gasteiger partial charge in [0.2, 0.25) is 0 Å². The quantitative estimate of drug-likeness (QED) is 0.500. The summed E-state index contributed by atoms with van der Waals surface area (Å²) in [6, 6.07) is 0. The van der Waals surface area contributed by atoms with E-state index in [1.165, 1.54) is 0 Å². The van der Waals surface area contributed by atoms with E-state index >= 15 is 0 Å². The molecule has 8 heavy (non-hydrogen) atoms. The number of ether oxygens (including phenoxy) is 1. The number of morpholine rings is 1. The number of hydrogen-bond donors (Lipinski definition) is 1. The Morgan fingerprint density at radius 1 is 1.75 bits per heavy atom. The zero-order chi connectivity index (χ0) is 11.0. The minimum absolute atomic E-state index is 0.247. The van der Waals surface area contributed by atoms with E-state index in [2.05, 4.69) is 5.32 Å². The van der Waals surface area contributed by atoms with Gasteiger partial charge in [0.25, 0.3) is 0 Å². The first-order chi connectivity index (χ1) is 6.21. The van der Waals surface area contributed by atoms with Crippen molar-refractivity contribution in [3.8, 4) is 0 Å². The number of nitrogens with one attached hydrogen (secondary N) is 1. The van der Waals surface area contributed by atoms with Crippen LogP contribution in [0.1, 0.15) is 21.9 Å². The third-order valence-corrected chi connectivity index (χ3v) is 0.992. The average Bonchev–Trinajstić information content (AvgIpc) is 2.02.